The van der Waals surface area contributed by atoms with E-state index in [2.05, 4.69) is 9.36 Å². The number of β-amino-alcohol motifs (C(OH)–C–C–N with tert-alkyl or cyclic N) is 1. The average molecular weight is 215 g/mol. The van der Waals surface area contributed by atoms with E-state index >= 15 is 0 Å². The molecule has 1 aliphatic heterocycles. The minimum Gasteiger partial charge on any atom is -0.396 e. The number of aliphatic hydroxyl groups excluding tert-OH is 2. The van der Waals surface area contributed by atoms with Gasteiger partial charge in [-0.2, -0.15) is 4.37 Å². The Bertz CT molecular complexity index is 317. The van der Waals surface area contributed by atoms with E-state index in [0.717, 1.165) is 11.0 Å². The zero-order valence-corrected chi connectivity index (χ0v) is 8.74. The third-order valence-corrected chi connectivity index (χ3v) is 3.30. The van der Waals surface area contributed by atoms with Crippen LogP contribution in [0.25, 0.3) is 0 Å². The third-order valence-electron chi connectivity index (χ3n) is 2.43. The molecule has 0 radical (unpaired) electrons. The SMILES string of the molecule is Cc1nsc(N2CC(O)C(CO)C2)n1. The lowest BCUT2D eigenvalue weighted by Crippen LogP contribution is -2.21. The zero-order chi connectivity index (χ0) is 10.1. The second kappa shape index (κ2) is 3.80. The first-order valence-electron chi connectivity index (χ1n) is 4.55. The van der Waals surface area contributed by atoms with Gasteiger partial charge in [-0.1, -0.05) is 0 Å². The van der Waals surface area contributed by atoms with Crippen molar-refractivity contribution in [2.75, 3.05) is 24.6 Å². The van der Waals surface area contributed by atoms with Crippen LogP contribution in [0.2, 0.25) is 0 Å². The van der Waals surface area contributed by atoms with E-state index < -0.39 is 6.10 Å². The normalized spacial score (nSPS) is 27.2. The van der Waals surface area contributed by atoms with Crippen LogP contribution in [0.1, 0.15) is 5.82 Å². The van der Waals surface area contributed by atoms with Crippen LogP contribution in [0.15, 0.2) is 0 Å². The summed E-state index contributed by atoms with van der Waals surface area (Å²) in [6, 6.07) is 0. The van der Waals surface area contributed by atoms with Crippen LogP contribution < -0.4 is 4.90 Å². The highest BCUT2D eigenvalue weighted by Gasteiger charge is 2.32. The van der Waals surface area contributed by atoms with E-state index in [1.54, 1.807) is 0 Å². The summed E-state index contributed by atoms with van der Waals surface area (Å²) < 4.78 is 4.08. The van der Waals surface area contributed by atoms with E-state index in [1.807, 2.05) is 11.8 Å². The molecule has 14 heavy (non-hydrogen) atoms. The molecule has 2 rings (SSSR count). The summed E-state index contributed by atoms with van der Waals surface area (Å²) in [4.78, 5) is 6.20. The number of aliphatic hydroxyl groups is 2. The molecule has 1 aromatic heterocycles. The number of anilines is 1. The highest BCUT2D eigenvalue weighted by molar-refractivity contribution is 7.09. The molecule has 0 aromatic carbocycles. The van der Waals surface area contributed by atoms with Gasteiger partial charge in [0.2, 0.25) is 5.13 Å². The number of aromatic nitrogens is 2. The molecule has 1 saturated heterocycles. The minimum atomic E-state index is -0.454. The van der Waals surface area contributed by atoms with Crippen molar-refractivity contribution in [1.82, 2.24) is 9.36 Å². The second-order valence-corrected chi connectivity index (χ2v) is 4.27. The van der Waals surface area contributed by atoms with Crippen LogP contribution in [-0.2, 0) is 0 Å². The maximum absolute atomic E-state index is 9.58. The first-order valence-corrected chi connectivity index (χ1v) is 5.32. The summed E-state index contributed by atoms with van der Waals surface area (Å²) in [5.74, 6) is 0.700. The molecule has 1 aromatic rings. The Morgan fingerprint density at radius 2 is 2.36 bits per heavy atom. The summed E-state index contributed by atoms with van der Waals surface area (Å²) >= 11 is 1.33. The molecule has 2 unspecified atom stereocenters. The van der Waals surface area contributed by atoms with Crippen molar-refractivity contribution < 1.29 is 10.2 Å². The van der Waals surface area contributed by atoms with E-state index in [1.165, 1.54) is 11.5 Å². The summed E-state index contributed by atoms with van der Waals surface area (Å²) in [5, 5.41) is 19.4. The second-order valence-electron chi connectivity index (χ2n) is 3.54. The van der Waals surface area contributed by atoms with E-state index in [9.17, 15) is 5.11 Å². The molecule has 78 valence electrons. The molecule has 5 nitrogen and oxygen atoms in total. The first-order chi connectivity index (χ1) is 6.70. The number of hydrogen-bond donors (Lipinski definition) is 2. The molecule has 0 bridgehead atoms. The van der Waals surface area contributed by atoms with Crippen LogP contribution in [0.5, 0.6) is 0 Å². The predicted octanol–water partition coefficient (Wildman–Crippen LogP) is -0.364. The molecule has 2 heterocycles. The highest BCUT2D eigenvalue weighted by atomic mass is 32.1. The Balaban J connectivity index is 2.08. The van der Waals surface area contributed by atoms with Gasteiger partial charge in [-0.15, -0.1) is 0 Å². The van der Waals surface area contributed by atoms with Gasteiger partial charge in [0.1, 0.15) is 5.82 Å². The quantitative estimate of drug-likeness (QED) is 0.705. The Hall–Kier alpha value is -0.720. The predicted molar refractivity (Wildman–Crippen MR) is 53.4 cm³/mol. The van der Waals surface area contributed by atoms with Gasteiger partial charge < -0.3 is 15.1 Å². The van der Waals surface area contributed by atoms with Gasteiger partial charge in [0.25, 0.3) is 0 Å². The minimum absolute atomic E-state index is 0.0233. The fraction of sp³-hybridized carbons (Fsp3) is 0.750. The van der Waals surface area contributed by atoms with Gasteiger partial charge in [0.05, 0.1) is 12.7 Å². The zero-order valence-electron chi connectivity index (χ0n) is 7.92. The van der Waals surface area contributed by atoms with Crippen LogP contribution in [0.3, 0.4) is 0 Å². The van der Waals surface area contributed by atoms with Crippen LogP contribution in [-0.4, -0.2) is 45.4 Å². The maximum atomic E-state index is 9.58. The van der Waals surface area contributed by atoms with Crippen molar-refractivity contribution in [1.29, 1.82) is 0 Å². The lowest BCUT2D eigenvalue weighted by atomic mass is 10.1. The van der Waals surface area contributed by atoms with Crippen molar-refractivity contribution in [2.24, 2.45) is 5.92 Å². The smallest absolute Gasteiger partial charge is 0.205 e. The molecule has 1 fully saturated rings. The molecule has 6 heteroatoms. The van der Waals surface area contributed by atoms with E-state index in [4.69, 9.17) is 5.11 Å². The maximum Gasteiger partial charge on any atom is 0.205 e. The van der Waals surface area contributed by atoms with Crippen LogP contribution >= 0.6 is 11.5 Å². The summed E-state index contributed by atoms with van der Waals surface area (Å²) in [5.41, 5.74) is 0. The number of rotatable bonds is 2. The number of aryl methyl sites for hydroxylation is 1. The van der Waals surface area contributed by atoms with Gasteiger partial charge in [-0.05, 0) is 6.92 Å². The Kier molecular flexibility index (Phi) is 2.66. The van der Waals surface area contributed by atoms with Gasteiger partial charge in [0, 0.05) is 30.5 Å². The summed E-state index contributed by atoms with van der Waals surface area (Å²) in [7, 11) is 0. The van der Waals surface area contributed by atoms with Crippen LogP contribution in [0, 0.1) is 12.8 Å². The van der Waals surface area contributed by atoms with Gasteiger partial charge in [0.15, 0.2) is 0 Å². The summed E-state index contributed by atoms with van der Waals surface area (Å²) in [6.45, 7) is 3.07. The molecule has 1 aliphatic rings. The van der Waals surface area contributed by atoms with Crippen LogP contribution in [0.4, 0.5) is 5.13 Å². The average Bonchev–Trinajstić information content (AvgIpc) is 2.71. The van der Waals surface area contributed by atoms with Crippen molar-refractivity contribution in [3.05, 3.63) is 5.82 Å². The molecule has 0 aliphatic carbocycles. The molecule has 2 atom stereocenters. The molecule has 0 spiro atoms. The van der Waals surface area contributed by atoms with Gasteiger partial charge >= 0.3 is 0 Å². The van der Waals surface area contributed by atoms with Crippen molar-refractivity contribution in [3.63, 3.8) is 0 Å². The number of nitrogens with zero attached hydrogens (tertiary/aromatic N) is 3. The van der Waals surface area contributed by atoms with Crippen molar-refractivity contribution in [2.45, 2.75) is 13.0 Å². The fourth-order valence-electron chi connectivity index (χ4n) is 1.60. The molecular formula is C8H13N3O2S. The number of hydrogen-bond acceptors (Lipinski definition) is 6. The fourth-order valence-corrected chi connectivity index (χ4v) is 2.30. The molecule has 0 saturated carbocycles. The Labute approximate surface area is 86.2 Å². The lowest BCUT2D eigenvalue weighted by molar-refractivity contribution is 0.104. The Morgan fingerprint density at radius 1 is 1.57 bits per heavy atom. The molecule has 2 N–H and O–H groups in total. The van der Waals surface area contributed by atoms with E-state index in [-0.39, 0.29) is 12.5 Å². The standard InChI is InChI=1S/C8H13N3O2S/c1-5-9-8(14-10-5)11-2-6(4-12)7(13)3-11/h6-7,12-13H,2-4H2,1H3. The largest absolute Gasteiger partial charge is 0.396 e. The lowest BCUT2D eigenvalue weighted by Gasteiger charge is -2.12. The molecule has 0 amide bonds. The monoisotopic (exact) mass is 215 g/mol. The topological polar surface area (TPSA) is 69.5 Å². The summed E-state index contributed by atoms with van der Waals surface area (Å²) in [6.07, 6.45) is -0.454. The Morgan fingerprint density at radius 3 is 2.86 bits per heavy atom. The van der Waals surface area contributed by atoms with Crippen molar-refractivity contribution >= 4 is 16.7 Å². The van der Waals surface area contributed by atoms with Crippen molar-refractivity contribution in [3.8, 4) is 0 Å². The molecular weight excluding hydrogens is 202 g/mol. The van der Waals surface area contributed by atoms with Gasteiger partial charge in [-0.25, -0.2) is 4.98 Å². The third kappa shape index (κ3) is 1.73. The first kappa shape index (κ1) is 9.82. The van der Waals surface area contributed by atoms with E-state index in [0.29, 0.717) is 13.1 Å². The highest BCUT2D eigenvalue weighted by Crippen LogP contribution is 2.25. The van der Waals surface area contributed by atoms with Gasteiger partial charge in [-0.3, -0.25) is 0 Å².